The zero-order chi connectivity index (χ0) is 26.2. The summed E-state index contributed by atoms with van der Waals surface area (Å²) in [4.78, 5) is 40.9. The Bertz CT molecular complexity index is 1370. The Hall–Kier alpha value is -4.79. The fraction of sp³-hybridized carbons (Fsp3) is 0.179. The molecule has 0 aliphatic carbocycles. The number of phenolic OH excluding ortho intramolecular Hbond substituents is 1. The minimum absolute atomic E-state index is 0.0124. The molecule has 9 heteroatoms. The maximum atomic E-state index is 13.2. The van der Waals surface area contributed by atoms with Crippen molar-refractivity contribution in [3.8, 4) is 5.75 Å². The van der Waals surface area contributed by atoms with E-state index in [-0.39, 0.29) is 25.2 Å². The van der Waals surface area contributed by atoms with Gasteiger partial charge in [0.2, 0.25) is 5.91 Å². The van der Waals surface area contributed by atoms with Crippen LogP contribution in [0.5, 0.6) is 5.75 Å². The predicted molar refractivity (Wildman–Crippen MR) is 137 cm³/mol. The van der Waals surface area contributed by atoms with Crippen molar-refractivity contribution in [2.75, 3.05) is 0 Å². The van der Waals surface area contributed by atoms with Crippen molar-refractivity contribution in [1.29, 1.82) is 0 Å². The van der Waals surface area contributed by atoms with Crippen LogP contribution in [0.25, 0.3) is 10.9 Å². The van der Waals surface area contributed by atoms with Crippen molar-refractivity contribution < 1.29 is 29.3 Å². The minimum atomic E-state index is -1.23. The van der Waals surface area contributed by atoms with Gasteiger partial charge in [0.15, 0.2) is 0 Å². The Morgan fingerprint density at radius 2 is 1.51 bits per heavy atom. The molecule has 0 fully saturated rings. The first-order valence-corrected chi connectivity index (χ1v) is 11.7. The number of nitrogens with one attached hydrogen (secondary N) is 3. The number of fused-ring (bicyclic) bond motifs is 1. The highest BCUT2D eigenvalue weighted by Gasteiger charge is 2.28. The number of para-hydroxylation sites is 1. The molecule has 2 amide bonds. The van der Waals surface area contributed by atoms with Gasteiger partial charge in [0.25, 0.3) is 0 Å². The number of ether oxygens (including phenoxy) is 1. The van der Waals surface area contributed by atoms with Crippen LogP contribution in [0.3, 0.4) is 0 Å². The summed E-state index contributed by atoms with van der Waals surface area (Å²) in [5.41, 5.74) is 3.04. The quantitative estimate of drug-likeness (QED) is 0.225. The topological polar surface area (TPSA) is 141 Å². The van der Waals surface area contributed by atoms with E-state index >= 15 is 0 Å². The van der Waals surface area contributed by atoms with E-state index < -0.39 is 30.1 Å². The second-order valence-electron chi connectivity index (χ2n) is 8.59. The van der Waals surface area contributed by atoms with Crippen LogP contribution in [0.1, 0.15) is 16.7 Å². The van der Waals surface area contributed by atoms with Crippen molar-refractivity contribution in [2.45, 2.75) is 31.5 Å². The number of hydrogen-bond donors (Lipinski definition) is 5. The highest BCUT2D eigenvalue weighted by atomic mass is 16.5. The Morgan fingerprint density at radius 3 is 2.24 bits per heavy atom. The summed E-state index contributed by atoms with van der Waals surface area (Å²) >= 11 is 0. The third-order valence-corrected chi connectivity index (χ3v) is 5.91. The average molecular weight is 502 g/mol. The van der Waals surface area contributed by atoms with Gasteiger partial charge in [-0.15, -0.1) is 0 Å². The lowest BCUT2D eigenvalue weighted by atomic mass is 10.0. The van der Waals surface area contributed by atoms with Crippen LogP contribution in [0.15, 0.2) is 85.1 Å². The van der Waals surface area contributed by atoms with Crippen LogP contribution in [-0.2, 0) is 33.8 Å². The van der Waals surface area contributed by atoms with Crippen LogP contribution in [0.4, 0.5) is 4.79 Å². The van der Waals surface area contributed by atoms with Crippen LogP contribution in [0, 0.1) is 0 Å². The van der Waals surface area contributed by atoms with Crippen LogP contribution in [0.2, 0.25) is 0 Å². The summed E-state index contributed by atoms with van der Waals surface area (Å²) in [6.07, 6.45) is 1.02. The summed E-state index contributed by atoms with van der Waals surface area (Å²) < 4.78 is 5.26. The number of aromatic amines is 1. The van der Waals surface area contributed by atoms with Gasteiger partial charge in [-0.05, 0) is 34.9 Å². The maximum absolute atomic E-state index is 13.2. The summed E-state index contributed by atoms with van der Waals surface area (Å²) in [5.74, 6) is -1.81. The molecule has 190 valence electrons. The highest BCUT2D eigenvalue weighted by Crippen LogP contribution is 2.19. The third-order valence-electron chi connectivity index (χ3n) is 5.91. The molecule has 5 N–H and O–H groups in total. The Morgan fingerprint density at radius 1 is 0.811 bits per heavy atom. The molecule has 3 aromatic carbocycles. The number of rotatable bonds is 10. The largest absolute Gasteiger partial charge is 0.508 e. The van der Waals surface area contributed by atoms with Crippen LogP contribution < -0.4 is 10.6 Å². The first-order valence-electron chi connectivity index (χ1n) is 11.7. The van der Waals surface area contributed by atoms with E-state index in [1.165, 1.54) is 12.1 Å². The zero-order valence-electron chi connectivity index (χ0n) is 19.9. The lowest BCUT2D eigenvalue weighted by molar-refractivity contribution is -0.142. The van der Waals surface area contributed by atoms with Gasteiger partial charge < -0.3 is 30.6 Å². The van der Waals surface area contributed by atoms with Crippen molar-refractivity contribution in [1.82, 2.24) is 15.6 Å². The SMILES string of the molecule is O=C(NC(Cc1ccc(O)cc1)C(=O)NC(Cc1c[nH]c2ccccc12)C(=O)O)OCc1ccccc1. The van der Waals surface area contributed by atoms with Crippen molar-refractivity contribution >= 4 is 28.9 Å². The predicted octanol–water partition coefficient (Wildman–Crippen LogP) is 3.52. The minimum Gasteiger partial charge on any atom is -0.508 e. The number of carboxylic acid groups (broad SMARTS) is 1. The van der Waals surface area contributed by atoms with E-state index in [0.29, 0.717) is 5.56 Å². The smallest absolute Gasteiger partial charge is 0.408 e. The number of aromatic nitrogens is 1. The van der Waals surface area contributed by atoms with Crippen LogP contribution in [-0.4, -0.2) is 45.3 Å². The summed E-state index contributed by atoms with van der Waals surface area (Å²) in [5, 5.41) is 25.4. The molecule has 0 aliphatic rings. The summed E-state index contributed by atoms with van der Waals surface area (Å²) in [6, 6.07) is 20.4. The van der Waals surface area contributed by atoms with Crippen LogP contribution >= 0.6 is 0 Å². The molecule has 2 atom stereocenters. The number of aromatic hydroxyl groups is 1. The average Bonchev–Trinajstić information content (AvgIpc) is 3.31. The number of carbonyl (C=O) groups is 3. The number of phenols is 1. The molecule has 4 aromatic rings. The summed E-state index contributed by atoms with van der Waals surface area (Å²) in [6.45, 7) is 0.0124. The number of alkyl carbamates (subject to hydrolysis) is 1. The molecule has 1 heterocycles. The van der Waals surface area contributed by atoms with Gasteiger partial charge in [0.1, 0.15) is 24.4 Å². The number of H-pyrrole nitrogens is 1. The molecule has 4 rings (SSSR count). The van der Waals surface area contributed by atoms with E-state index in [9.17, 15) is 24.6 Å². The van der Waals surface area contributed by atoms with Gasteiger partial charge in [0.05, 0.1) is 0 Å². The molecule has 2 unspecified atom stereocenters. The second kappa shape index (κ2) is 11.8. The lowest BCUT2D eigenvalue weighted by Crippen LogP contribution is -2.53. The molecular formula is C28H27N3O6. The number of amides is 2. The number of benzene rings is 3. The molecular weight excluding hydrogens is 474 g/mol. The van der Waals surface area contributed by atoms with Gasteiger partial charge in [0, 0.05) is 29.9 Å². The second-order valence-corrected chi connectivity index (χ2v) is 8.59. The Labute approximate surface area is 213 Å². The highest BCUT2D eigenvalue weighted by molar-refractivity contribution is 5.90. The van der Waals surface area contributed by atoms with Gasteiger partial charge in [-0.3, -0.25) is 4.79 Å². The monoisotopic (exact) mass is 501 g/mol. The lowest BCUT2D eigenvalue weighted by Gasteiger charge is -2.21. The fourth-order valence-corrected chi connectivity index (χ4v) is 3.98. The standard InChI is InChI=1S/C28H27N3O6/c32-21-12-10-18(11-13-21)14-24(31-28(36)37-17-19-6-2-1-3-7-19)26(33)30-25(27(34)35)15-20-16-29-23-9-5-4-8-22(20)23/h1-13,16,24-25,29,32H,14-15,17H2,(H,30,33)(H,31,36)(H,34,35). The molecule has 0 saturated heterocycles. The van der Waals surface area contributed by atoms with Gasteiger partial charge in [-0.2, -0.15) is 0 Å². The maximum Gasteiger partial charge on any atom is 0.408 e. The Balaban J connectivity index is 1.47. The first kappa shape index (κ1) is 25.3. The number of carbonyl (C=O) groups excluding carboxylic acids is 2. The van der Waals surface area contributed by atoms with Gasteiger partial charge in [-0.1, -0.05) is 60.7 Å². The molecule has 9 nitrogen and oxygen atoms in total. The molecule has 0 bridgehead atoms. The van der Waals surface area contributed by atoms with Crippen molar-refractivity contribution in [2.24, 2.45) is 0 Å². The summed E-state index contributed by atoms with van der Waals surface area (Å²) in [7, 11) is 0. The molecule has 0 spiro atoms. The zero-order valence-corrected chi connectivity index (χ0v) is 19.9. The normalized spacial score (nSPS) is 12.4. The van der Waals surface area contributed by atoms with E-state index in [2.05, 4.69) is 15.6 Å². The van der Waals surface area contributed by atoms with E-state index in [0.717, 1.165) is 22.0 Å². The van der Waals surface area contributed by atoms with E-state index in [1.54, 1.807) is 30.5 Å². The number of hydrogen-bond acceptors (Lipinski definition) is 5. The Kier molecular flexibility index (Phi) is 8.05. The fourth-order valence-electron chi connectivity index (χ4n) is 3.98. The molecule has 37 heavy (non-hydrogen) atoms. The number of aliphatic carboxylic acids is 1. The number of carboxylic acids is 1. The molecule has 0 radical (unpaired) electrons. The molecule has 0 saturated carbocycles. The van der Waals surface area contributed by atoms with Crippen molar-refractivity contribution in [3.05, 3.63) is 102 Å². The first-order chi connectivity index (χ1) is 17.9. The third kappa shape index (κ3) is 6.88. The van der Waals surface area contributed by atoms with E-state index in [4.69, 9.17) is 4.74 Å². The van der Waals surface area contributed by atoms with Gasteiger partial charge in [-0.25, -0.2) is 9.59 Å². The van der Waals surface area contributed by atoms with E-state index in [1.807, 2.05) is 42.5 Å². The van der Waals surface area contributed by atoms with Gasteiger partial charge >= 0.3 is 12.1 Å². The van der Waals surface area contributed by atoms with Crippen molar-refractivity contribution in [3.63, 3.8) is 0 Å². The molecule has 0 aliphatic heterocycles. The molecule has 1 aromatic heterocycles.